The molecule has 0 saturated carbocycles. The zero-order valence-corrected chi connectivity index (χ0v) is 18.4. The number of hydrogen-bond donors (Lipinski definition) is 1. The molecule has 0 bridgehead atoms. The Kier molecular flexibility index (Phi) is 5.57. The third-order valence-electron chi connectivity index (χ3n) is 6.53. The molecule has 3 heterocycles. The molecule has 2 aliphatic rings. The average Bonchev–Trinajstić information content (AvgIpc) is 3.12. The standard InChI is InChI=1S/C25H24ClFN4O/c26-20-3-1-19(2-4-20)23-15-18(9-12-28-23)16-30-13-10-25(11-14-30)24(32)29-17-31(25)22-7-5-21(27)6-8-22/h1-9,12,15H,10-11,13-14,16-17H2,(H,29,32). The highest BCUT2D eigenvalue weighted by atomic mass is 35.5. The first-order chi connectivity index (χ1) is 15.5. The summed E-state index contributed by atoms with van der Waals surface area (Å²) in [6.07, 6.45) is 3.29. The zero-order valence-electron chi connectivity index (χ0n) is 17.6. The van der Waals surface area contributed by atoms with Gasteiger partial charge >= 0.3 is 0 Å². The maximum Gasteiger partial charge on any atom is 0.247 e. The van der Waals surface area contributed by atoms with Crippen molar-refractivity contribution in [2.75, 3.05) is 24.7 Å². The minimum atomic E-state index is -0.568. The lowest BCUT2D eigenvalue weighted by molar-refractivity contribution is -0.125. The predicted octanol–water partition coefficient (Wildman–Crippen LogP) is 4.47. The summed E-state index contributed by atoms with van der Waals surface area (Å²) in [7, 11) is 0. The first-order valence-corrected chi connectivity index (χ1v) is 11.2. The van der Waals surface area contributed by atoms with E-state index in [0.717, 1.165) is 49.4 Å². The van der Waals surface area contributed by atoms with Crippen LogP contribution >= 0.6 is 11.6 Å². The van der Waals surface area contributed by atoms with Gasteiger partial charge in [0.2, 0.25) is 5.91 Å². The van der Waals surface area contributed by atoms with Crippen LogP contribution in [0.3, 0.4) is 0 Å². The molecule has 0 atom stereocenters. The number of nitrogens with one attached hydrogen (secondary N) is 1. The Balaban J connectivity index is 1.28. The van der Waals surface area contributed by atoms with Crippen LogP contribution in [-0.4, -0.2) is 41.1 Å². The SMILES string of the molecule is O=C1NCN(c2ccc(F)cc2)C12CCN(Cc1ccnc(-c3ccc(Cl)cc3)c1)CC2. The van der Waals surface area contributed by atoms with E-state index in [0.29, 0.717) is 11.7 Å². The molecule has 0 aliphatic carbocycles. The molecule has 164 valence electrons. The number of carbonyl (C=O) groups is 1. The van der Waals surface area contributed by atoms with Crippen molar-refractivity contribution >= 4 is 23.2 Å². The van der Waals surface area contributed by atoms with Crippen LogP contribution < -0.4 is 10.2 Å². The predicted molar refractivity (Wildman–Crippen MR) is 124 cm³/mol. The number of benzene rings is 2. The van der Waals surface area contributed by atoms with E-state index in [4.69, 9.17) is 11.6 Å². The molecule has 0 unspecified atom stereocenters. The molecule has 0 radical (unpaired) electrons. The van der Waals surface area contributed by atoms with Crippen LogP contribution in [0.2, 0.25) is 5.02 Å². The zero-order chi connectivity index (χ0) is 22.1. The lowest BCUT2D eigenvalue weighted by Crippen LogP contribution is -2.56. The van der Waals surface area contributed by atoms with Crippen LogP contribution in [0.25, 0.3) is 11.3 Å². The highest BCUT2D eigenvalue weighted by molar-refractivity contribution is 6.30. The van der Waals surface area contributed by atoms with Gasteiger partial charge in [-0.1, -0.05) is 23.7 Å². The third kappa shape index (κ3) is 3.96. The van der Waals surface area contributed by atoms with Gasteiger partial charge in [-0.3, -0.25) is 14.7 Å². The molecule has 2 aromatic carbocycles. The van der Waals surface area contributed by atoms with Crippen molar-refractivity contribution in [1.82, 2.24) is 15.2 Å². The van der Waals surface area contributed by atoms with Gasteiger partial charge in [0.25, 0.3) is 0 Å². The molecule has 1 amide bonds. The van der Waals surface area contributed by atoms with Crippen molar-refractivity contribution in [1.29, 1.82) is 0 Å². The first kappa shape index (κ1) is 20.9. The third-order valence-corrected chi connectivity index (χ3v) is 6.78. The van der Waals surface area contributed by atoms with Gasteiger partial charge in [-0.25, -0.2) is 4.39 Å². The molecular weight excluding hydrogens is 427 g/mol. The minimum absolute atomic E-state index is 0.0652. The molecule has 2 saturated heterocycles. The van der Waals surface area contributed by atoms with E-state index in [1.807, 2.05) is 36.5 Å². The van der Waals surface area contributed by atoms with Crippen LogP contribution in [0.5, 0.6) is 0 Å². The van der Waals surface area contributed by atoms with Crippen molar-refractivity contribution in [2.45, 2.75) is 24.9 Å². The Morgan fingerprint density at radius 1 is 1.03 bits per heavy atom. The number of nitrogens with zero attached hydrogens (tertiary/aromatic N) is 3. The van der Waals surface area contributed by atoms with Crippen molar-refractivity contribution in [3.8, 4) is 11.3 Å². The maximum absolute atomic E-state index is 13.4. The average molecular weight is 451 g/mol. The summed E-state index contributed by atoms with van der Waals surface area (Å²) in [6, 6.07) is 18.2. The normalized spacial score (nSPS) is 18.2. The fraction of sp³-hybridized carbons (Fsp3) is 0.280. The second kappa shape index (κ2) is 8.52. The number of halogens is 2. The van der Waals surface area contributed by atoms with Gasteiger partial charge in [-0.2, -0.15) is 0 Å². The van der Waals surface area contributed by atoms with Gasteiger partial charge in [0.05, 0.1) is 12.4 Å². The minimum Gasteiger partial charge on any atom is -0.339 e. The second-order valence-electron chi connectivity index (χ2n) is 8.43. The van der Waals surface area contributed by atoms with Gasteiger partial charge in [0.1, 0.15) is 11.4 Å². The van der Waals surface area contributed by atoms with E-state index >= 15 is 0 Å². The topological polar surface area (TPSA) is 48.5 Å². The Bertz CT molecular complexity index is 1110. The van der Waals surface area contributed by atoms with E-state index in [9.17, 15) is 9.18 Å². The van der Waals surface area contributed by atoms with Crippen LogP contribution in [0.1, 0.15) is 18.4 Å². The molecule has 2 aliphatic heterocycles. The molecule has 1 spiro atoms. The molecule has 32 heavy (non-hydrogen) atoms. The lowest BCUT2D eigenvalue weighted by Gasteiger charge is -2.43. The number of piperidine rings is 1. The molecule has 7 heteroatoms. The van der Waals surface area contributed by atoms with Gasteiger partial charge in [0.15, 0.2) is 0 Å². The second-order valence-corrected chi connectivity index (χ2v) is 8.87. The monoisotopic (exact) mass is 450 g/mol. The summed E-state index contributed by atoms with van der Waals surface area (Å²) < 4.78 is 13.4. The smallest absolute Gasteiger partial charge is 0.247 e. The molecule has 1 N–H and O–H groups in total. The summed E-state index contributed by atoms with van der Waals surface area (Å²) in [5.41, 5.74) is 3.45. The summed E-state index contributed by atoms with van der Waals surface area (Å²) in [4.78, 5) is 21.8. The van der Waals surface area contributed by atoms with Crippen LogP contribution in [-0.2, 0) is 11.3 Å². The number of carbonyl (C=O) groups excluding carboxylic acids is 1. The van der Waals surface area contributed by atoms with E-state index in [2.05, 4.69) is 26.2 Å². The van der Waals surface area contributed by atoms with Crippen molar-refractivity contribution in [3.05, 3.63) is 83.3 Å². The summed E-state index contributed by atoms with van der Waals surface area (Å²) in [5.74, 6) is -0.207. The fourth-order valence-corrected chi connectivity index (χ4v) is 4.86. The van der Waals surface area contributed by atoms with E-state index in [-0.39, 0.29) is 11.7 Å². The summed E-state index contributed by atoms with van der Waals surface area (Å²) in [5, 5.41) is 3.70. The van der Waals surface area contributed by atoms with Crippen molar-refractivity contribution in [2.24, 2.45) is 0 Å². The Morgan fingerprint density at radius 2 is 1.75 bits per heavy atom. The molecular formula is C25H24ClFN4O. The van der Waals surface area contributed by atoms with Crippen LogP contribution in [0, 0.1) is 5.82 Å². The Morgan fingerprint density at radius 3 is 2.47 bits per heavy atom. The number of amides is 1. The van der Waals surface area contributed by atoms with Crippen LogP contribution in [0.4, 0.5) is 10.1 Å². The fourth-order valence-electron chi connectivity index (χ4n) is 4.74. The summed E-state index contributed by atoms with van der Waals surface area (Å²) >= 11 is 6.00. The maximum atomic E-state index is 13.4. The highest BCUT2D eigenvalue weighted by Gasteiger charge is 2.50. The summed E-state index contributed by atoms with van der Waals surface area (Å²) in [6.45, 7) is 2.88. The van der Waals surface area contributed by atoms with Gasteiger partial charge < -0.3 is 10.2 Å². The molecule has 5 rings (SSSR count). The lowest BCUT2D eigenvalue weighted by atomic mass is 9.85. The number of hydrogen-bond acceptors (Lipinski definition) is 4. The van der Waals surface area contributed by atoms with Gasteiger partial charge in [-0.05, 0) is 66.9 Å². The van der Waals surface area contributed by atoms with Crippen molar-refractivity contribution in [3.63, 3.8) is 0 Å². The number of anilines is 1. The largest absolute Gasteiger partial charge is 0.339 e. The Hall–Kier alpha value is -2.96. The van der Waals surface area contributed by atoms with E-state index in [1.165, 1.54) is 17.7 Å². The first-order valence-electron chi connectivity index (χ1n) is 10.8. The van der Waals surface area contributed by atoms with Crippen molar-refractivity contribution < 1.29 is 9.18 Å². The van der Waals surface area contributed by atoms with Crippen LogP contribution in [0.15, 0.2) is 66.9 Å². The van der Waals surface area contributed by atoms with Gasteiger partial charge in [-0.15, -0.1) is 0 Å². The molecule has 2 fully saturated rings. The number of rotatable bonds is 4. The van der Waals surface area contributed by atoms with Gasteiger partial charge in [0, 0.05) is 42.1 Å². The van der Waals surface area contributed by atoms with E-state index in [1.54, 1.807) is 12.1 Å². The highest BCUT2D eigenvalue weighted by Crippen LogP contribution is 2.36. The number of pyridine rings is 1. The molecule has 3 aromatic rings. The molecule has 1 aromatic heterocycles. The van der Waals surface area contributed by atoms with E-state index < -0.39 is 5.54 Å². The number of aromatic nitrogens is 1. The quantitative estimate of drug-likeness (QED) is 0.637. The Labute approximate surface area is 191 Å². The molecule has 5 nitrogen and oxygen atoms in total. The number of likely N-dealkylation sites (tertiary alicyclic amines) is 1.